The third kappa shape index (κ3) is 3.63. The monoisotopic (exact) mass is 377 g/mol. The molecule has 0 aliphatic heterocycles. The number of carbonyl (C=O) groups excluding carboxylic acids is 2. The van der Waals surface area contributed by atoms with Crippen molar-refractivity contribution in [2.75, 3.05) is 11.9 Å². The van der Waals surface area contributed by atoms with Gasteiger partial charge in [-0.3, -0.25) is 9.59 Å². The summed E-state index contributed by atoms with van der Waals surface area (Å²) in [7, 11) is 1.79. The number of para-hydroxylation sites is 2. The summed E-state index contributed by atoms with van der Waals surface area (Å²) in [6, 6.07) is 15.4. The van der Waals surface area contributed by atoms with Crippen LogP contribution in [0.15, 0.2) is 52.9 Å². The Morgan fingerprint density at radius 3 is 2.57 bits per heavy atom. The molecular formula is C22H23N3O3. The number of fused-ring (bicyclic) bond motifs is 1. The first kappa shape index (κ1) is 18.2. The van der Waals surface area contributed by atoms with Crippen molar-refractivity contribution in [3.05, 3.63) is 48.5 Å². The van der Waals surface area contributed by atoms with Crippen molar-refractivity contribution < 1.29 is 14.0 Å². The predicted molar refractivity (Wildman–Crippen MR) is 108 cm³/mol. The van der Waals surface area contributed by atoms with Crippen LogP contribution in [0.1, 0.15) is 26.2 Å². The first-order chi connectivity index (χ1) is 13.5. The van der Waals surface area contributed by atoms with Gasteiger partial charge in [0.25, 0.3) is 0 Å². The molecule has 1 aromatic heterocycles. The van der Waals surface area contributed by atoms with E-state index in [0.717, 1.165) is 35.2 Å². The zero-order chi connectivity index (χ0) is 19.7. The van der Waals surface area contributed by atoms with Crippen LogP contribution in [0.4, 0.5) is 5.69 Å². The van der Waals surface area contributed by atoms with E-state index in [2.05, 4.69) is 10.3 Å². The highest BCUT2D eigenvalue weighted by atomic mass is 16.3. The third-order valence-corrected chi connectivity index (χ3v) is 5.32. The number of rotatable bonds is 4. The summed E-state index contributed by atoms with van der Waals surface area (Å²) in [5.74, 6) is 0.554. The molecule has 1 aliphatic carbocycles. The predicted octanol–water partition coefficient (Wildman–Crippen LogP) is 3.76. The maximum atomic E-state index is 12.8. The summed E-state index contributed by atoms with van der Waals surface area (Å²) in [5, 5.41) is 2.91. The zero-order valence-corrected chi connectivity index (χ0v) is 16.0. The summed E-state index contributed by atoms with van der Waals surface area (Å²) in [6.45, 7) is 1.51. The minimum Gasteiger partial charge on any atom is -0.436 e. The van der Waals surface area contributed by atoms with Gasteiger partial charge in [-0.1, -0.05) is 12.1 Å². The van der Waals surface area contributed by atoms with Crippen LogP contribution in [0.5, 0.6) is 0 Å². The Labute approximate surface area is 163 Å². The molecule has 2 amide bonds. The lowest BCUT2D eigenvalue weighted by Gasteiger charge is -2.21. The van der Waals surface area contributed by atoms with Crippen LogP contribution in [0, 0.1) is 5.92 Å². The van der Waals surface area contributed by atoms with Crippen LogP contribution in [0.3, 0.4) is 0 Å². The minimum atomic E-state index is -0.0569. The van der Waals surface area contributed by atoms with Gasteiger partial charge in [0.05, 0.1) is 0 Å². The molecule has 2 unspecified atom stereocenters. The van der Waals surface area contributed by atoms with E-state index in [1.807, 2.05) is 48.5 Å². The molecule has 2 aromatic carbocycles. The average molecular weight is 377 g/mol. The van der Waals surface area contributed by atoms with Gasteiger partial charge in [0.2, 0.25) is 17.7 Å². The van der Waals surface area contributed by atoms with Gasteiger partial charge in [-0.15, -0.1) is 0 Å². The van der Waals surface area contributed by atoms with Crippen molar-refractivity contribution in [3.8, 4) is 11.5 Å². The highest BCUT2D eigenvalue weighted by Crippen LogP contribution is 2.30. The molecule has 0 radical (unpaired) electrons. The second-order valence-corrected chi connectivity index (χ2v) is 7.34. The number of aromatic nitrogens is 1. The first-order valence-electron chi connectivity index (χ1n) is 9.52. The van der Waals surface area contributed by atoms with Crippen LogP contribution in [0.25, 0.3) is 22.6 Å². The lowest BCUT2D eigenvalue weighted by atomic mass is 10.1. The molecule has 4 rings (SSSR count). The van der Waals surface area contributed by atoms with Gasteiger partial charge in [-0.2, -0.15) is 0 Å². The van der Waals surface area contributed by atoms with E-state index >= 15 is 0 Å². The number of carbonyl (C=O) groups is 2. The number of hydrogen-bond acceptors (Lipinski definition) is 4. The number of amides is 2. The number of benzene rings is 2. The van der Waals surface area contributed by atoms with Crippen molar-refractivity contribution in [2.45, 2.75) is 32.2 Å². The fraction of sp³-hybridized carbons (Fsp3) is 0.318. The van der Waals surface area contributed by atoms with E-state index in [9.17, 15) is 9.59 Å². The minimum absolute atomic E-state index is 0.0405. The average Bonchev–Trinajstić information content (AvgIpc) is 3.33. The molecule has 1 N–H and O–H groups in total. The topological polar surface area (TPSA) is 75.4 Å². The van der Waals surface area contributed by atoms with E-state index in [0.29, 0.717) is 12.3 Å². The SMILES string of the molecule is CC(=O)NC1CCC(C(=O)N(C)c2ccc(-c3nc4ccccc4o3)cc2)C1. The van der Waals surface area contributed by atoms with Crippen LogP contribution >= 0.6 is 0 Å². The highest BCUT2D eigenvalue weighted by Gasteiger charge is 2.32. The van der Waals surface area contributed by atoms with Crippen molar-refractivity contribution in [3.63, 3.8) is 0 Å². The molecule has 3 aromatic rings. The van der Waals surface area contributed by atoms with Gasteiger partial charge in [0, 0.05) is 37.2 Å². The molecule has 1 aliphatic rings. The van der Waals surface area contributed by atoms with Crippen molar-refractivity contribution in [2.24, 2.45) is 5.92 Å². The van der Waals surface area contributed by atoms with Gasteiger partial charge >= 0.3 is 0 Å². The largest absolute Gasteiger partial charge is 0.436 e. The van der Waals surface area contributed by atoms with Crippen molar-refractivity contribution >= 4 is 28.6 Å². The lowest BCUT2D eigenvalue weighted by Crippen LogP contribution is -2.34. The molecule has 1 heterocycles. The number of oxazole rings is 1. The second kappa shape index (κ2) is 7.46. The van der Waals surface area contributed by atoms with E-state index in [4.69, 9.17) is 4.42 Å². The van der Waals surface area contributed by atoms with Gasteiger partial charge in [0.1, 0.15) is 5.52 Å². The summed E-state index contributed by atoms with van der Waals surface area (Å²) < 4.78 is 5.80. The Bertz CT molecular complexity index is 976. The van der Waals surface area contributed by atoms with Gasteiger partial charge in [-0.25, -0.2) is 4.98 Å². The molecule has 144 valence electrons. The molecule has 1 saturated carbocycles. The van der Waals surface area contributed by atoms with Gasteiger partial charge in [-0.05, 0) is 55.7 Å². The Kier molecular flexibility index (Phi) is 4.86. The van der Waals surface area contributed by atoms with Crippen molar-refractivity contribution in [1.29, 1.82) is 0 Å². The molecule has 2 atom stereocenters. The summed E-state index contributed by atoms with van der Waals surface area (Å²) in [6.07, 6.45) is 2.35. The van der Waals surface area contributed by atoms with Crippen LogP contribution in [0.2, 0.25) is 0 Å². The van der Waals surface area contributed by atoms with Gasteiger partial charge < -0.3 is 14.6 Å². The summed E-state index contributed by atoms with van der Waals surface area (Å²) in [4.78, 5) is 30.2. The number of nitrogens with zero attached hydrogens (tertiary/aromatic N) is 2. The number of nitrogens with one attached hydrogen (secondary N) is 1. The van der Waals surface area contributed by atoms with Crippen LogP contribution in [-0.4, -0.2) is 29.9 Å². The smallest absolute Gasteiger partial charge is 0.229 e. The molecule has 28 heavy (non-hydrogen) atoms. The van der Waals surface area contributed by atoms with Crippen LogP contribution in [-0.2, 0) is 9.59 Å². The molecule has 0 saturated heterocycles. The van der Waals surface area contributed by atoms with E-state index in [1.54, 1.807) is 11.9 Å². The molecule has 6 heteroatoms. The Hall–Kier alpha value is -3.15. The maximum Gasteiger partial charge on any atom is 0.229 e. The lowest BCUT2D eigenvalue weighted by molar-refractivity contribution is -0.122. The second-order valence-electron chi connectivity index (χ2n) is 7.34. The maximum absolute atomic E-state index is 12.8. The highest BCUT2D eigenvalue weighted by molar-refractivity contribution is 5.95. The molecule has 0 spiro atoms. The normalized spacial score (nSPS) is 18.9. The van der Waals surface area contributed by atoms with E-state index in [1.165, 1.54) is 6.92 Å². The third-order valence-electron chi connectivity index (χ3n) is 5.32. The molecular weight excluding hydrogens is 354 g/mol. The standard InChI is InChI=1S/C22H23N3O3/c1-14(26)23-17-10-7-16(13-17)22(27)25(2)18-11-8-15(9-12-18)21-24-19-5-3-4-6-20(19)28-21/h3-6,8-9,11-12,16-17H,7,10,13H2,1-2H3,(H,23,26). The summed E-state index contributed by atoms with van der Waals surface area (Å²) >= 11 is 0. The number of hydrogen-bond donors (Lipinski definition) is 1. The number of anilines is 1. The van der Waals surface area contributed by atoms with Gasteiger partial charge in [0.15, 0.2) is 5.58 Å². The van der Waals surface area contributed by atoms with E-state index in [-0.39, 0.29) is 23.8 Å². The van der Waals surface area contributed by atoms with Crippen molar-refractivity contribution in [1.82, 2.24) is 10.3 Å². The van der Waals surface area contributed by atoms with E-state index < -0.39 is 0 Å². The Morgan fingerprint density at radius 1 is 1.11 bits per heavy atom. The fourth-order valence-electron chi connectivity index (χ4n) is 3.85. The molecule has 0 bridgehead atoms. The quantitative estimate of drug-likeness (QED) is 0.751. The molecule has 6 nitrogen and oxygen atoms in total. The Balaban J connectivity index is 1.46. The first-order valence-corrected chi connectivity index (χ1v) is 9.52. The fourth-order valence-corrected chi connectivity index (χ4v) is 3.85. The van der Waals surface area contributed by atoms with Crippen LogP contribution < -0.4 is 10.2 Å². The summed E-state index contributed by atoms with van der Waals surface area (Å²) in [5.41, 5.74) is 3.27. The zero-order valence-electron chi connectivity index (χ0n) is 16.0. The Morgan fingerprint density at radius 2 is 1.86 bits per heavy atom. The molecule has 1 fully saturated rings.